The van der Waals surface area contributed by atoms with Gasteiger partial charge in [-0.3, -0.25) is 0 Å². The van der Waals surface area contributed by atoms with E-state index in [0.717, 1.165) is 19.6 Å². The fourth-order valence-electron chi connectivity index (χ4n) is 2.07. The Labute approximate surface area is 88.0 Å². The number of hydrogen-bond donors (Lipinski definition) is 0. The summed E-state index contributed by atoms with van der Waals surface area (Å²) in [7, 11) is 0. The van der Waals surface area contributed by atoms with Crippen LogP contribution in [0.2, 0.25) is 0 Å². The van der Waals surface area contributed by atoms with Crippen molar-refractivity contribution in [2.75, 3.05) is 13.2 Å². The molecule has 0 aromatic rings. The van der Waals surface area contributed by atoms with Gasteiger partial charge in [0.2, 0.25) is 0 Å². The maximum absolute atomic E-state index is 6.06. The molecule has 1 fully saturated rings. The summed E-state index contributed by atoms with van der Waals surface area (Å²) in [6, 6.07) is 0. The van der Waals surface area contributed by atoms with E-state index in [-0.39, 0.29) is 5.60 Å². The molecule has 0 saturated carbocycles. The van der Waals surface area contributed by atoms with Crippen LogP contribution in [0.5, 0.6) is 0 Å². The zero-order chi connectivity index (χ0) is 10.4. The Bertz CT molecular complexity index is 146. The summed E-state index contributed by atoms with van der Waals surface area (Å²) in [5.41, 5.74) is 0.134. The number of epoxide rings is 1. The van der Waals surface area contributed by atoms with E-state index in [4.69, 9.17) is 9.47 Å². The molecule has 0 N–H and O–H groups in total. The molecular weight excluding hydrogens is 176 g/mol. The minimum absolute atomic E-state index is 0.134. The van der Waals surface area contributed by atoms with Crippen molar-refractivity contribution in [1.29, 1.82) is 0 Å². The van der Waals surface area contributed by atoms with Gasteiger partial charge in [-0.2, -0.15) is 0 Å². The second-order valence-electron chi connectivity index (χ2n) is 4.30. The highest BCUT2D eigenvalue weighted by Gasteiger charge is 2.31. The summed E-state index contributed by atoms with van der Waals surface area (Å²) in [5, 5.41) is 0. The Morgan fingerprint density at radius 3 is 2.14 bits per heavy atom. The molecule has 1 saturated heterocycles. The van der Waals surface area contributed by atoms with Crippen molar-refractivity contribution in [3.8, 4) is 0 Å². The van der Waals surface area contributed by atoms with E-state index in [1.165, 1.54) is 25.7 Å². The third kappa shape index (κ3) is 3.58. The SMILES string of the molecule is CCCC(CC)(CCC)OCC1CO1. The first-order valence-corrected chi connectivity index (χ1v) is 6.02. The predicted octanol–water partition coefficient (Wildman–Crippen LogP) is 3.15. The topological polar surface area (TPSA) is 21.8 Å². The molecule has 1 aliphatic heterocycles. The molecule has 1 atom stereocenters. The number of ether oxygens (including phenoxy) is 2. The summed E-state index contributed by atoms with van der Waals surface area (Å²) < 4.78 is 11.2. The average Bonchev–Trinajstić information content (AvgIpc) is 2.98. The predicted molar refractivity (Wildman–Crippen MR) is 58.5 cm³/mol. The quantitative estimate of drug-likeness (QED) is 0.561. The van der Waals surface area contributed by atoms with Gasteiger partial charge in [-0.15, -0.1) is 0 Å². The van der Waals surface area contributed by atoms with E-state index in [9.17, 15) is 0 Å². The van der Waals surface area contributed by atoms with Crippen molar-refractivity contribution < 1.29 is 9.47 Å². The lowest BCUT2D eigenvalue weighted by atomic mass is 9.90. The standard InChI is InChI=1S/C12H24O2/c1-4-7-12(6-3,8-5-2)14-10-11-9-13-11/h11H,4-10H2,1-3H3. The Morgan fingerprint density at radius 2 is 1.79 bits per heavy atom. The molecule has 14 heavy (non-hydrogen) atoms. The van der Waals surface area contributed by atoms with Gasteiger partial charge in [0.05, 0.1) is 18.8 Å². The zero-order valence-corrected chi connectivity index (χ0v) is 9.84. The van der Waals surface area contributed by atoms with Crippen molar-refractivity contribution in [1.82, 2.24) is 0 Å². The Kier molecular flexibility index (Phi) is 4.90. The van der Waals surface area contributed by atoms with Crippen LogP contribution < -0.4 is 0 Å². The van der Waals surface area contributed by atoms with Crippen LogP contribution in [0.4, 0.5) is 0 Å². The summed E-state index contributed by atoms with van der Waals surface area (Å²) in [6.07, 6.45) is 6.31. The summed E-state index contributed by atoms with van der Waals surface area (Å²) in [5.74, 6) is 0. The van der Waals surface area contributed by atoms with Crippen LogP contribution in [0.3, 0.4) is 0 Å². The largest absolute Gasteiger partial charge is 0.372 e. The Hall–Kier alpha value is -0.0800. The number of hydrogen-bond acceptors (Lipinski definition) is 2. The van der Waals surface area contributed by atoms with Gasteiger partial charge in [-0.25, -0.2) is 0 Å². The third-order valence-electron chi connectivity index (χ3n) is 3.03. The number of rotatable bonds is 8. The van der Waals surface area contributed by atoms with E-state index in [2.05, 4.69) is 20.8 Å². The summed E-state index contributed by atoms with van der Waals surface area (Å²) >= 11 is 0. The lowest BCUT2D eigenvalue weighted by molar-refractivity contribution is -0.0664. The van der Waals surface area contributed by atoms with Crippen molar-refractivity contribution >= 4 is 0 Å². The minimum Gasteiger partial charge on any atom is -0.372 e. The van der Waals surface area contributed by atoms with Gasteiger partial charge in [-0.1, -0.05) is 33.6 Å². The maximum Gasteiger partial charge on any atom is 0.104 e. The highest BCUT2D eigenvalue weighted by molar-refractivity contribution is 4.80. The lowest BCUT2D eigenvalue weighted by Gasteiger charge is -2.32. The molecule has 0 aromatic heterocycles. The molecule has 0 spiro atoms. The lowest BCUT2D eigenvalue weighted by Crippen LogP contribution is -2.33. The third-order valence-corrected chi connectivity index (χ3v) is 3.03. The molecule has 1 rings (SSSR count). The Balaban J connectivity index is 2.37. The molecule has 0 aliphatic carbocycles. The average molecular weight is 200 g/mol. The summed E-state index contributed by atoms with van der Waals surface area (Å²) in [4.78, 5) is 0. The molecule has 1 heterocycles. The van der Waals surface area contributed by atoms with Gasteiger partial charge >= 0.3 is 0 Å². The smallest absolute Gasteiger partial charge is 0.104 e. The maximum atomic E-state index is 6.06. The van der Waals surface area contributed by atoms with Crippen molar-refractivity contribution in [2.24, 2.45) is 0 Å². The molecule has 0 amide bonds. The minimum atomic E-state index is 0.134. The molecule has 1 unspecified atom stereocenters. The highest BCUT2D eigenvalue weighted by Crippen LogP contribution is 2.29. The molecule has 0 radical (unpaired) electrons. The van der Waals surface area contributed by atoms with E-state index in [1.54, 1.807) is 0 Å². The van der Waals surface area contributed by atoms with Gasteiger partial charge < -0.3 is 9.47 Å². The van der Waals surface area contributed by atoms with Crippen LogP contribution in [-0.4, -0.2) is 24.9 Å². The van der Waals surface area contributed by atoms with Crippen LogP contribution in [0.1, 0.15) is 52.9 Å². The Morgan fingerprint density at radius 1 is 1.21 bits per heavy atom. The van der Waals surface area contributed by atoms with Crippen molar-refractivity contribution in [3.63, 3.8) is 0 Å². The molecule has 0 bridgehead atoms. The highest BCUT2D eigenvalue weighted by atomic mass is 16.6. The first-order valence-electron chi connectivity index (χ1n) is 6.02. The molecule has 0 aromatic carbocycles. The van der Waals surface area contributed by atoms with Gasteiger partial charge in [0.25, 0.3) is 0 Å². The first-order chi connectivity index (χ1) is 6.76. The van der Waals surface area contributed by atoms with Crippen LogP contribution in [0.15, 0.2) is 0 Å². The molecular formula is C12H24O2. The second-order valence-corrected chi connectivity index (χ2v) is 4.30. The fourth-order valence-corrected chi connectivity index (χ4v) is 2.07. The van der Waals surface area contributed by atoms with Crippen molar-refractivity contribution in [3.05, 3.63) is 0 Å². The fraction of sp³-hybridized carbons (Fsp3) is 1.00. The van der Waals surface area contributed by atoms with E-state index in [0.29, 0.717) is 6.10 Å². The van der Waals surface area contributed by atoms with Crippen LogP contribution in [0, 0.1) is 0 Å². The zero-order valence-electron chi connectivity index (χ0n) is 9.84. The molecule has 2 nitrogen and oxygen atoms in total. The van der Waals surface area contributed by atoms with Crippen LogP contribution in [0.25, 0.3) is 0 Å². The van der Waals surface area contributed by atoms with Crippen LogP contribution >= 0.6 is 0 Å². The van der Waals surface area contributed by atoms with Gasteiger partial charge in [0.1, 0.15) is 6.10 Å². The molecule has 2 heteroatoms. The molecule has 84 valence electrons. The van der Waals surface area contributed by atoms with Crippen LogP contribution in [-0.2, 0) is 9.47 Å². The van der Waals surface area contributed by atoms with E-state index >= 15 is 0 Å². The normalized spacial score (nSPS) is 21.2. The molecule has 1 aliphatic rings. The van der Waals surface area contributed by atoms with E-state index in [1.807, 2.05) is 0 Å². The monoisotopic (exact) mass is 200 g/mol. The second kappa shape index (κ2) is 5.72. The first kappa shape index (κ1) is 12.0. The van der Waals surface area contributed by atoms with Crippen molar-refractivity contribution in [2.45, 2.75) is 64.6 Å². The summed E-state index contributed by atoms with van der Waals surface area (Å²) in [6.45, 7) is 8.40. The van der Waals surface area contributed by atoms with Gasteiger partial charge in [-0.05, 0) is 19.3 Å². The van der Waals surface area contributed by atoms with Gasteiger partial charge in [0.15, 0.2) is 0 Å². The van der Waals surface area contributed by atoms with Gasteiger partial charge in [0, 0.05) is 0 Å². The van der Waals surface area contributed by atoms with E-state index < -0.39 is 0 Å².